The van der Waals surface area contributed by atoms with Gasteiger partial charge in [0.25, 0.3) is 0 Å². The van der Waals surface area contributed by atoms with Crippen molar-refractivity contribution in [1.82, 2.24) is 0 Å². The van der Waals surface area contributed by atoms with E-state index in [2.05, 4.69) is 36.7 Å². The molecule has 0 aromatic heterocycles. The first-order valence-electron chi connectivity index (χ1n) is 6.46. The van der Waals surface area contributed by atoms with Crippen LogP contribution in [0.4, 0.5) is 0 Å². The Kier molecular flexibility index (Phi) is 10.1. The predicted octanol–water partition coefficient (Wildman–Crippen LogP) is 4.31. The Balaban J connectivity index is 3.54. The highest BCUT2D eigenvalue weighted by Gasteiger charge is 2.14. The molecule has 0 fully saturated rings. The Bertz CT molecular complexity index is 179. The molecule has 0 aliphatic carbocycles. The molecule has 96 valence electrons. The summed E-state index contributed by atoms with van der Waals surface area (Å²) >= 11 is 3.34. The van der Waals surface area contributed by atoms with E-state index in [1.807, 2.05) is 0 Å². The van der Waals surface area contributed by atoms with E-state index in [4.69, 9.17) is 4.74 Å². The molecule has 0 N–H and O–H groups in total. The molecular formula is C13H25BrO2. The van der Waals surface area contributed by atoms with Gasteiger partial charge in [0.2, 0.25) is 0 Å². The minimum absolute atomic E-state index is 0.105. The molecule has 16 heavy (non-hydrogen) atoms. The number of esters is 1. The van der Waals surface area contributed by atoms with Crippen LogP contribution in [0.2, 0.25) is 0 Å². The summed E-state index contributed by atoms with van der Waals surface area (Å²) in [4.78, 5) is 11.3. The molecule has 0 aromatic rings. The molecule has 1 unspecified atom stereocenters. The van der Waals surface area contributed by atoms with Crippen LogP contribution in [0.25, 0.3) is 0 Å². The van der Waals surface area contributed by atoms with Crippen molar-refractivity contribution >= 4 is 21.9 Å². The third-order valence-electron chi connectivity index (χ3n) is 2.95. The Morgan fingerprint density at radius 1 is 1.19 bits per heavy atom. The number of carbonyl (C=O) groups is 1. The normalized spacial score (nSPS) is 12.8. The lowest BCUT2D eigenvalue weighted by Gasteiger charge is -2.12. The summed E-state index contributed by atoms with van der Waals surface area (Å²) in [5.41, 5.74) is 0. The lowest BCUT2D eigenvalue weighted by molar-refractivity contribution is -0.143. The highest BCUT2D eigenvalue weighted by atomic mass is 79.9. The molecule has 0 saturated heterocycles. The lowest BCUT2D eigenvalue weighted by Crippen LogP contribution is -2.18. The number of ether oxygens (including phenoxy) is 1. The van der Waals surface area contributed by atoms with Gasteiger partial charge in [-0.2, -0.15) is 0 Å². The maximum Gasteiger partial charge on any atom is 0.319 e. The van der Waals surface area contributed by atoms with Crippen LogP contribution < -0.4 is 0 Å². The van der Waals surface area contributed by atoms with Crippen molar-refractivity contribution in [2.24, 2.45) is 5.92 Å². The van der Waals surface area contributed by atoms with Crippen molar-refractivity contribution in [3.63, 3.8) is 0 Å². The molecular weight excluding hydrogens is 268 g/mol. The summed E-state index contributed by atoms with van der Waals surface area (Å²) in [6, 6.07) is 0. The summed E-state index contributed by atoms with van der Waals surface area (Å²) in [5, 5.41) is 0. The minimum Gasteiger partial charge on any atom is -0.465 e. The maximum absolute atomic E-state index is 11.4. The monoisotopic (exact) mass is 292 g/mol. The van der Waals surface area contributed by atoms with Crippen molar-refractivity contribution in [2.75, 3.05) is 6.61 Å². The zero-order valence-corrected chi connectivity index (χ0v) is 12.4. The van der Waals surface area contributed by atoms with Crippen LogP contribution in [0.3, 0.4) is 0 Å². The van der Waals surface area contributed by atoms with Crippen molar-refractivity contribution < 1.29 is 9.53 Å². The fraction of sp³-hybridized carbons (Fsp3) is 0.923. The van der Waals surface area contributed by atoms with E-state index in [1.165, 1.54) is 19.3 Å². The van der Waals surface area contributed by atoms with Gasteiger partial charge in [-0.1, -0.05) is 56.0 Å². The zero-order valence-electron chi connectivity index (χ0n) is 10.8. The topological polar surface area (TPSA) is 26.3 Å². The summed E-state index contributed by atoms with van der Waals surface area (Å²) in [6.07, 6.45) is 6.46. The van der Waals surface area contributed by atoms with Gasteiger partial charge in [0.1, 0.15) is 4.83 Å². The Hall–Kier alpha value is -0.0500. The van der Waals surface area contributed by atoms with Crippen LogP contribution in [-0.2, 0) is 9.53 Å². The van der Waals surface area contributed by atoms with E-state index in [0.717, 1.165) is 25.2 Å². The third-order valence-corrected chi connectivity index (χ3v) is 3.79. The second kappa shape index (κ2) is 10.1. The first-order chi connectivity index (χ1) is 7.65. The summed E-state index contributed by atoms with van der Waals surface area (Å²) in [7, 11) is 0. The van der Waals surface area contributed by atoms with Crippen molar-refractivity contribution in [3.05, 3.63) is 0 Å². The summed E-state index contributed by atoms with van der Waals surface area (Å²) in [5.74, 6) is 0.681. The van der Waals surface area contributed by atoms with Gasteiger partial charge in [-0.25, -0.2) is 0 Å². The molecule has 0 spiro atoms. The van der Waals surface area contributed by atoms with Gasteiger partial charge in [-0.15, -0.1) is 0 Å². The van der Waals surface area contributed by atoms with Crippen molar-refractivity contribution in [3.8, 4) is 0 Å². The zero-order chi connectivity index (χ0) is 12.4. The van der Waals surface area contributed by atoms with Crippen LogP contribution in [-0.4, -0.2) is 17.4 Å². The fourth-order valence-electron chi connectivity index (χ4n) is 1.70. The number of hydrogen-bond donors (Lipinski definition) is 0. The first kappa shape index (κ1) is 16.0. The molecule has 0 aromatic carbocycles. The van der Waals surface area contributed by atoms with Crippen LogP contribution >= 0.6 is 15.9 Å². The highest BCUT2D eigenvalue weighted by molar-refractivity contribution is 9.10. The second-order valence-electron chi connectivity index (χ2n) is 4.25. The minimum atomic E-state index is -0.120. The third kappa shape index (κ3) is 7.26. The van der Waals surface area contributed by atoms with Crippen LogP contribution in [0.15, 0.2) is 0 Å². The van der Waals surface area contributed by atoms with Crippen LogP contribution in [0, 0.1) is 5.92 Å². The molecule has 0 amide bonds. The van der Waals surface area contributed by atoms with E-state index < -0.39 is 0 Å². The van der Waals surface area contributed by atoms with Crippen LogP contribution in [0.5, 0.6) is 0 Å². The predicted molar refractivity (Wildman–Crippen MR) is 71.9 cm³/mol. The average molecular weight is 293 g/mol. The molecule has 0 rings (SSSR count). The Labute approximate surface area is 108 Å². The van der Waals surface area contributed by atoms with Gasteiger partial charge in [0, 0.05) is 0 Å². The van der Waals surface area contributed by atoms with Gasteiger partial charge < -0.3 is 4.74 Å². The van der Waals surface area contributed by atoms with Gasteiger partial charge in [-0.3, -0.25) is 4.79 Å². The van der Waals surface area contributed by atoms with Crippen LogP contribution in [0.1, 0.15) is 59.3 Å². The average Bonchev–Trinajstić information content (AvgIpc) is 2.29. The fourth-order valence-corrected chi connectivity index (χ4v) is 2.29. The van der Waals surface area contributed by atoms with Gasteiger partial charge >= 0.3 is 5.97 Å². The van der Waals surface area contributed by atoms with Crippen molar-refractivity contribution in [2.45, 2.75) is 64.1 Å². The molecule has 2 nitrogen and oxygen atoms in total. The molecule has 0 aliphatic rings. The molecule has 3 heteroatoms. The van der Waals surface area contributed by atoms with E-state index in [-0.39, 0.29) is 10.8 Å². The first-order valence-corrected chi connectivity index (χ1v) is 7.37. The van der Waals surface area contributed by atoms with E-state index in [0.29, 0.717) is 6.61 Å². The van der Waals surface area contributed by atoms with Gasteiger partial charge in [0.05, 0.1) is 6.61 Å². The molecule has 1 atom stereocenters. The van der Waals surface area contributed by atoms with Crippen molar-refractivity contribution in [1.29, 1.82) is 0 Å². The Morgan fingerprint density at radius 2 is 1.81 bits per heavy atom. The number of hydrogen-bond acceptors (Lipinski definition) is 2. The highest BCUT2D eigenvalue weighted by Crippen LogP contribution is 2.15. The number of rotatable bonds is 9. The maximum atomic E-state index is 11.4. The van der Waals surface area contributed by atoms with Gasteiger partial charge in [-0.05, 0) is 25.2 Å². The lowest BCUT2D eigenvalue weighted by atomic mass is 9.98. The standard InChI is InChI=1S/C13H25BrO2/c1-4-8-12(14)13(15)16-10-7-9-11(5-2)6-3/h11-12H,4-10H2,1-3H3. The number of alkyl halides is 1. The smallest absolute Gasteiger partial charge is 0.319 e. The van der Waals surface area contributed by atoms with Gasteiger partial charge in [0.15, 0.2) is 0 Å². The quantitative estimate of drug-likeness (QED) is 0.360. The molecule has 0 heterocycles. The van der Waals surface area contributed by atoms with E-state index in [1.54, 1.807) is 0 Å². The van der Waals surface area contributed by atoms with E-state index >= 15 is 0 Å². The Morgan fingerprint density at radius 3 is 2.31 bits per heavy atom. The second-order valence-corrected chi connectivity index (χ2v) is 5.35. The molecule has 0 saturated carbocycles. The molecule has 0 bridgehead atoms. The molecule has 0 aliphatic heterocycles. The summed E-state index contributed by atoms with van der Waals surface area (Å²) in [6.45, 7) is 7.07. The largest absolute Gasteiger partial charge is 0.465 e. The SMILES string of the molecule is CCCC(Br)C(=O)OCCCC(CC)CC. The summed E-state index contributed by atoms with van der Waals surface area (Å²) < 4.78 is 5.21. The number of halogens is 1. The van der Waals surface area contributed by atoms with E-state index in [9.17, 15) is 4.79 Å². The molecule has 0 radical (unpaired) electrons. The number of carbonyl (C=O) groups excluding carboxylic acids is 1.